The van der Waals surface area contributed by atoms with Crippen LogP contribution in [-0.4, -0.2) is 19.2 Å². The zero-order valence-corrected chi connectivity index (χ0v) is 18.4. The highest BCUT2D eigenvalue weighted by molar-refractivity contribution is 7.92. The van der Waals surface area contributed by atoms with Crippen LogP contribution >= 0.6 is 34.8 Å². The first kappa shape index (κ1) is 22.8. The molecule has 31 heavy (non-hydrogen) atoms. The molecular formula is C19H12Cl3N3O5S. The molecule has 160 valence electrons. The van der Waals surface area contributed by atoms with E-state index in [1.807, 2.05) is 0 Å². The first-order valence-electron chi connectivity index (χ1n) is 8.40. The molecule has 0 aromatic heterocycles. The van der Waals surface area contributed by atoms with Gasteiger partial charge >= 0.3 is 0 Å². The summed E-state index contributed by atoms with van der Waals surface area (Å²) in [5, 5.41) is 13.7. The van der Waals surface area contributed by atoms with Crippen molar-refractivity contribution in [3.63, 3.8) is 0 Å². The quantitative estimate of drug-likeness (QED) is 0.337. The number of carbonyl (C=O) groups is 1. The lowest BCUT2D eigenvalue weighted by Gasteiger charge is -2.11. The number of nitrogens with zero attached hydrogens (tertiary/aromatic N) is 1. The van der Waals surface area contributed by atoms with Gasteiger partial charge in [-0.1, -0.05) is 34.8 Å². The van der Waals surface area contributed by atoms with Gasteiger partial charge in [-0.05, 0) is 48.5 Å². The molecule has 3 aromatic carbocycles. The summed E-state index contributed by atoms with van der Waals surface area (Å²) in [6.07, 6.45) is 0. The first-order valence-corrected chi connectivity index (χ1v) is 11.0. The SMILES string of the molecule is O=C(Nc1ccc(S(=O)(=O)Nc2ccc(Cl)cc2Cl)cc1)c1ccc([N+](=O)[O-])cc1Cl. The predicted molar refractivity (Wildman–Crippen MR) is 120 cm³/mol. The summed E-state index contributed by atoms with van der Waals surface area (Å²) in [5.41, 5.74) is 0.242. The highest BCUT2D eigenvalue weighted by atomic mass is 35.5. The third-order valence-corrected chi connectivity index (χ3v) is 6.25. The van der Waals surface area contributed by atoms with Gasteiger partial charge in [0.25, 0.3) is 21.6 Å². The molecule has 0 bridgehead atoms. The molecule has 0 aliphatic rings. The Morgan fingerprint density at radius 3 is 2.16 bits per heavy atom. The molecule has 3 rings (SSSR count). The molecule has 0 fully saturated rings. The fourth-order valence-corrected chi connectivity index (χ4v) is 4.35. The van der Waals surface area contributed by atoms with Gasteiger partial charge in [0.05, 0.1) is 31.1 Å². The van der Waals surface area contributed by atoms with Gasteiger partial charge in [-0.15, -0.1) is 0 Å². The second kappa shape index (κ2) is 9.11. The number of nitro groups is 1. The van der Waals surface area contributed by atoms with Crippen molar-refractivity contribution in [2.75, 3.05) is 10.0 Å². The van der Waals surface area contributed by atoms with E-state index in [9.17, 15) is 23.3 Å². The van der Waals surface area contributed by atoms with Crippen LogP contribution in [0.1, 0.15) is 10.4 Å². The van der Waals surface area contributed by atoms with Gasteiger partial charge in [0.1, 0.15) is 0 Å². The third-order valence-electron chi connectivity index (χ3n) is 4.01. The van der Waals surface area contributed by atoms with Crippen LogP contribution in [0.3, 0.4) is 0 Å². The van der Waals surface area contributed by atoms with E-state index in [1.54, 1.807) is 0 Å². The van der Waals surface area contributed by atoms with Crippen molar-refractivity contribution in [2.24, 2.45) is 0 Å². The topological polar surface area (TPSA) is 118 Å². The molecule has 3 aromatic rings. The number of non-ortho nitro benzene ring substituents is 1. The lowest BCUT2D eigenvalue weighted by molar-refractivity contribution is -0.384. The molecule has 8 nitrogen and oxygen atoms in total. The van der Waals surface area contributed by atoms with Gasteiger partial charge in [0, 0.05) is 22.8 Å². The van der Waals surface area contributed by atoms with Gasteiger partial charge in [-0.25, -0.2) is 8.42 Å². The van der Waals surface area contributed by atoms with Crippen molar-refractivity contribution < 1.29 is 18.1 Å². The molecule has 0 atom stereocenters. The molecule has 0 unspecified atom stereocenters. The highest BCUT2D eigenvalue weighted by Crippen LogP contribution is 2.28. The largest absolute Gasteiger partial charge is 0.322 e. The summed E-state index contributed by atoms with van der Waals surface area (Å²) in [6.45, 7) is 0. The predicted octanol–water partition coefficient (Wildman–Crippen LogP) is 5.61. The minimum Gasteiger partial charge on any atom is -0.322 e. The summed E-state index contributed by atoms with van der Waals surface area (Å²) in [7, 11) is -3.94. The van der Waals surface area contributed by atoms with Crippen molar-refractivity contribution in [1.29, 1.82) is 0 Å². The number of nitro benzene ring substituents is 1. The maximum atomic E-state index is 12.6. The Morgan fingerprint density at radius 1 is 0.903 bits per heavy atom. The molecule has 0 aliphatic heterocycles. The average Bonchev–Trinajstić information content (AvgIpc) is 2.70. The van der Waals surface area contributed by atoms with Gasteiger partial charge < -0.3 is 5.32 Å². The van der Waals surface area contributed by atoms with Crippen LogP contribution in [0.15, 0.2) is 65.6 Å². The number of rotatable bonds is 6. The second-order valence-corrected chi connectivity index (χ2v) is 9.06. The molecule has 2 N–H and O–H groups in total. The number of hydrogen-bond donors (Lipinski definition) is 2. The molecule has 0 saturated heterocycles. The van der Waals surface area contributed by atoms with Crippen LogP contribution in [0, 0.1) is 10.1 Å². The van der Waals surface area contributed by atoms with E-state index in [1.165, 1.54) is 48.5 Å². The Kier molecular flexibility index (Phi) is 6.71. The van der Waals surface area contributed by atoms with Crippen LogP contribution < -0.4 is 10.0 Å². The number of hydrogen-bond acceptors (Lipinski definition) is 5. The van der Waals surface area contributed by atoms with Crippen LogP contribution in [0.25, 0.3) is 0 Å². The number of sulfonamides is 1. The van der Waals surface area contributed by atoms with Crippen molar-refractivity contribution in [3.05, 3.63) is 91.4 Å². The molecule has 0 radical (unpaired) electrons. The van der Waals surface area contributed by atoms with E-state index in [0.29, 0.717) is 10.7 Å². The monoisotopic (exact) mass is 499 g/mol. The van der Waals surface area contributed by atoms with E-state index in [0.717, 1.165) is 12.1 Å². The van der Waals surface area contributed by atoms with Crippen LogP contribution in [0.5, 0.6) is 0 Å². The van der Waals surface area contributed by atoms with Crippen molar-refractivity contribution in [1.82, 2.24) is 0 Å². The second-order valence-electron chi connectivity index (χ2n) is 6.13. The van der Waals surface area contributed by atoms with E-state index in [4.69, 9.17) is 34.8 Å². The van der Waals surface area contributed by atoms with E-state index >= 15 is 0 Å². The first-order chi connectivity index (χ1) is 14.6. The maximum absolute atomic E-state index is 12.6. The maximum Gasteiger partial charge on any atom is 0.270 e. The smallest absolute Gasteiger partial charge is 0.270 e. The Labute approximate surface area is 191 Å². The number of anilines is 2. The lowest BCUT2D eigenvalue weighted by Crippen LogP contribution is -2.14. The van der Waals surface area contributed by atoms with Gasteiger partial charge in [0.15, 0.2) is 0 Å². The number of halogens is 3. The highest BCUT2D eigenvalue weighted by Gasteiger charge is 2.18. The Hall–Kier alpha value is -2.85. The minimum absolute atomic E-state index is 0.0306. The summed E-state index contributed by atoms with van der Waals surface area (Å²) in [6, 6.07) is 13.1. The van der Waals surface area contributed by atoms with E-state index in [-0.39, 0.29) is 31.9 Å². The zero-order chi connectivity index (χ0) is 22.8. The minimum atomic E-state index is -3.94. The Morgan fingerprint density at radius 2 is 1.58 bits per heavy atom. The molecule has 0 saturated carbocycles. The summed E-state index contributed by atoms with van der Waals surface area (Å²) in [4.78, 5) is 22.5. The number of carbonyl (C=O) groups excluding carboxylic acids is 1. The fraction of sp³-hybridized carbons (Fsp3) is 0. The molecule has 1 amide bonds. The van der Waals surface area contributed by atoms with Gasteiger partial charge in [-0.3, -0.25) is 19.6 Å². The molecular weight excluding hydrogens is 489 g/mol. The van der Waals surface area contributed by atoms with Crippen LogP contribution in [-0.2, 0) is 10.0 Å². The van der Waals surface area contributed by atoms with Crippen LogP contribution in [0.4, 0.5) is 17.1 Å². The summed E-state index contributed by atoms with van der Waals surface area (Å²) in [5.74, 6) is -0.610. The molecule has 0 aliphatic carbocycles. The lowest BCUT2D eigenvalue weighted by atomic mass is 10.2. The molecule has 12 heteroatoms. The number of amides is 1. The van der Waals surface area contributed by atoms with Crippen molar-refractivity contribution in [3.8, 4) is 0 Å². The zero-order valence-electron chi connectivity index (χ0n) is 15.3. The molecule has 0 heterocycles. The number of nitrogens with one attached hydrogen (secondary N) is 2. The Balaban J connectivity index is 1.75. The van der Waals surface area contributed by atoms with Gasteiger partial charge in [0.2, 0.25) is 0 Å². The van der Waals surface area contributed by atoms with E-state index in [2.05, 4.69) is 10.0 Å². The summed E-state index contributed by atoms with van der Waals surface area (Å²) >= 11 is 17.7. The van der Waals surface area contributed by atoms with Gasteiger partial charge in [-0.2, -0.15) is 0 Å². The molecule has 0 spiro atoms. The van der Waals surface area contributed by atoms with Crippen LogP contribution in [0.2, 0.25) is 15.1 Å². The normalized spacial score (nSPS) is 11.1. The third kappa shape index (κ3) is 5.45. The Bertz CT molecular complexity index is 1280. The fourth-order valence-electron chi connectivity index (χ4n) is 2.49. The van der Waals surface area contributed by atoms with E-state index < -0.39 is 20.9 Å². The standard InChI is InChI=1S/C19H12Cl3N3O5S/c20-11-1-8-18(17(22)9-11)24-31(29,30)14-5-2-12(3-6-14)23-19(26)15-7-4-13(25(27)28)10-16(15)21/h1-10,24H,(H,23,26). The summed E-state index contributed by atoms with van der Waals surface area (Å²) < 4.78 is 27.5. The number of benzene rings is 3. The average molecular weight is 501 g/mol. The van der Waals surface area contributed by atoms with Crippen molar-refractivity contribution >= 4 is 67.8 Å². The van der Waals surface area contributed by atoms with Crippen molar-refractivity contribution in [2.45, 2.75) is 4.90 Å².